The predicted octanol–water partition coefficient (Wildman–Crippen LogP) is 0.975. The van der Waals surface area contributed by atoms with Crippen LogP contribution in [-0.2, 0) is 4.79 Å². The number of pyridine rings is 1. The van der Waals surface area contributed by atoms with Crippen molar-refractivity contribution in [2.45, 2.75) is 43.9 Å². The molecule has 0 saturated carbocycles. The summed E-state index contributed by atoms with van der Waals surface area (Å²) >= 11 is 0. The van der Waals surface area contributed by atoms with Gasteiger partial charge in [-0.05, 0) is 37.8 Å². The fourth-order valence-electron chi connectivity index (χ4n) is 3.21. The van der Waals surface area contributed by atoms with E-state index in [1.165, 1.54) is 0 Å². The molecule has 19 heavy (non-hydrogen) atoms. The molecule has 1 N–H and O–H groups in total. The second kappa shape index (κ2) is 5.17. The van der Waals surface area contributed by atoms with Crippen molar-refractivity contribution in [3.63, 3.8) is 0 Å². The molecular formula is C14H18N2O3. The maximum Gasteiger partial charge on any atom is 0.261 e. The van der Waals surface area contributed by atoms with Gasteiger partial charge in [-0.1, -0.05) is 0 Å². The van der Waals surface area contributed by atoms with Gasteiger partial charge in [0.15, 0.2) is 6.61 Å². The molecule has 102 valence electrons. The van der Waals surface area contributed by atoms with Gasteiger partial charge in [-0.15, -0.1) is 0 Å². The van der Waals surface area contributed by atoms with Crippen molar-refractivity contribution >= 4 is 5.91 Å². The van der Waals surface area contributed by atoms with Gasteiger partial charge in [-0.25, -0.2) is 0 Å². The van der Waals surface area contributed by atoms with E-state index in [0.29, 0.717) is 18.6 Å². The quantitative estimate of drug-likeness (QED) is 0.882. The van der Waals surface area contributed by atoms with Gasteiger partial charge in [0.1, 0.15) is 5.75 Å². The number of aromatic nitrogens is 1. The average Bonchev–Trinajstić information content (AvgIpc) is 2.70. The number of amides is 1. The molecule has 0 spiro atoms. The highest BCUT2D eigenvalue weighted by molar-refractivity contribution is 5.79. The topological polar surface area (TPSA) is 62.7 Å². The minimum atomic E-state index is -0.249. The van der Waals surface area contributed by atoms with E-state index in [9.17, 15) is 9.90 Å². The van der Waals surface area contributed by atoms with Crippen molar-refractivity contribution in [1.29, 1.82) is 0 Å². The van der Waals surface area contributed by atoms with Crippen LogP contribution >= 0.6 is 0 Å². The summed E-state index contributed by atoms with van der Waals surface area (Å²) in [5.74, 6) is 0.628. The van der Waals surface area contributed by atoms with E-state index in [1.54, 1.807) is 24.5 Å². The van der Waals surface area contributed by atoms with Crippen molar-refractivity contribution in [2.24, 2.45) is 0 Å². The van der Waals surface area contributed by atoms with Crippen LogP contribution in [-0.4, -0.2) is 45.7 Å². The number of nitrogens with zero attached hydrogens (tertiary/aromatic N) is 2. The van der Waals surface area contributed by atoms with Crippen molar-refractivity contribution in [3.8, 4) is 5.75 Å². The fraction of sp³-hybridized carbons (Fsp3) is 0.571. The number of aliphatic hydroxyl groups excluding tert-OH is 1. The zero-order chi connectivity index (χ0) is 13.2. The first-order chi connectivity index (χ1) is 9.24. The van der Waals surface area contributed by atoms with Gasteiger partial charge in [0.25, 0.3) is 5.91 Å². The number of piperidine rings is 1. The van der Waals surface area contributed by atoms with E-state index >= 15 is 0 Å². The highest BCUT2D eigenvalue weighted by Crippen LogP contribution is 2.35. The summed E-state index contributed by atoms with van der Waals surface area (Å²) in [6.07, 6.45) is 6.43. The van der Waals surface area contributed by atoms with Crippen LogP contribution in [0.2, 0.25) is 0 Å². The van der Waals surface area contributed by atoms with E-state index in [0.717, 1.165) is 12.8 Å². The lowest BCUT2D eigenvalue weighted by Crippen LogP contribution is -2.49. The number of carbonyl (C=O) groups is 1. The first kappa shape index (κ1) is 12.4. The highest BCUT2D eigenvalue weighted by atomic mass is 16.5. The first-order valence-electron chi connectivity index (χ1n) is 6.76. The Morgan fingerprint density at radius 1 is 1.42 bits per heavy atom. The average molecular weight is 262 g/mol. The SMILES string of the molecule is O=C(COc1cccnc1)N1[C@@H]2CC[C@H]1CC(O)C2. The third-order valence-corrected chi connectivity index (χ3v) is 3.99. The summed E-state index contributed by atoms with van der Waals surface area (Å²) in [5.41, 5.74) is 0. The summed E-state index contributed by atoms with van der Waals surface area (Å²) < 4.78 is 5.46. The van der Waals surface area contributed by atoms with Gasteiger partial charge in [0.05, 0.1) is 12.3 Å². The summed E-state index contributed by atoms with van der Waals surface area (Å²) in [5, 5.41) is 9.72. The molecule has 0 aromatic carbocycles. The minimum Gasteiger partial charge on any atom is -0.482 e. The number of hydrogen-bond donors (Lipinski definition) is 1. The fourth-order valence-corrected chi connectivity index (χ4v) is 3.21. The Labute approximate surface area is 112 Å². The molecule has 3 atom stereocenters. The van der Waals surface area contributed by atoms with Crippen LogP contribution in [0.5, 0.6) is 5.75 Å². The molecule has 5 heteroatoms. The smallest absolute Gasteiger partial charge is 0.261 e. The Kier molecular flexibility index (Phi) is 3.38. The summed E-state index contributed by atoms with van der Waals surface area (Å²) in [6.45, 7) is 0.0504. The van der Waals surface area contributed by atoms with E-state index in [4.69, 9.17) is 4.74 Å². The van der Waals surface area contributed by atoms with Crippen LogP contribution < -0.4 is 4.74 Å². The van der Waals surface area contributed by atoms with Gasteiger partial charge >= 0.3 is 0 Å². The number of ether oxygens (including phenoxy) is 1. The Morgan fingerprint density at radius 3 is 2.79 bits per heavy atom. The summed E-state index contributed by atoms with van der Waals surface area (Å²) in [4.78, 5) is 18.1. The second-order valence-electron chi connectivity index (χ2n) is 5.29. The van der Waals surface area contributed by atoms with Crippen LogP contribution in [0.15, 0.2) is 24.5 Å². The van der Waals surface area contributed by atoms with E-state index in [-0.39, 0.29) is 30.7 Å². The largest absolute Gasteiger partial charge is 0.482 e. The molecule has 2 aliphatic rings. The van der Waals surface area contributed by atoms with Crippen molar-refractivity contribution < 1.29 is 14.6 Å². The molecule has 2 fully saturated rings. The number of fused-ring (bicyclic) bond motifs is 2. The molecule has 3 heterocycles. The van der Waals surface area contributed by atoms with E-state index < -0.39 is 0 Å². The molecule has 3 rings (SSSR count). The molecule has 2 saturated heterocycles. The molecule has 1 aromatic heterocycles. The monoisotopic (exact) mass is 262 g/mol. The Bertz CT molecular complexity index is 437. The van der Waals surface area contributed by atoms with Crippen LogP contribution in [0.25, 0.3) is 0 Å². The highest BCUT2D eigenvalue weighted by Gasteiger charge is 2.42. The zero-order valence-corrected chi connectivity index (χ0v) is 10.7. The molecule has 5 nitrogen and oxygen atoms in total. The van der Waals surface area contributed by atoms with Crippen molar-refractivity contribution in [2.75, 3.05) is 6.61 Å². The Morgan fingerprint density at radius 2 is 2.16 bits per heavy atom. The lowest BCUT2D eigenvalue weighted by atomic mass is 10.00. The number of hydrogen-bond acceptors (Lipinski definition) is 4. The molecule has 0 radical (unpaired) electrons. The summed E-state index contributed by atoms with van der Waals surface area (Å²) in [7, 11) is 0. The van der Waals surface area contributed by atoms with Gasteiger partial charge in [-0.3, -0.25) is 9.78 Å². The zero-order valence-electron chi connectivity index (χ0n) is 10.7. The van der Waals surface area contributed by atoms with Gasteiger partial charge in [-0.2, -0.15) is 0 Å². The first-order valence-corrected chi connectivity index (χ1v) is 6.76. The van der Waals surface area contributed by atoms with Gasteiger partial charge < -0.3 is 14.7 Å². The van der Waals surface area contributed by atoms with Crippen LogP contribution in [0.1, 0.15) is 25.7 Å². The standard InChI is InChI=1S/C14H18N2O3/c17-12-6-10-3-4-11(7-12)16(10)14(18)9-19-13-2-1-5-15-8-13/h1-2,5,8,10-12,17H,3-4,6-7,9H2/t10-,11+,12?. The van der Waals surface area contributed by atoms with Crippen molar-refractivity contribution in [1.82, 2.24) is 9.88 Å². The normalized spacial score (nSPS) is 29.3. The molecule has 1 unspecified atom stereocenters. The second-order valence-corrected chi connectivity index (χ2v) is 5.29. The van der Waals surface area contributed by atoms with E-state index in [2.05, 4.69) is 4.98 Å². The minimum absolute atomic E-state index is 0.0169. The van der Waals surface area contributed by atoms with Gasteiger partial charge in [0.2, 0.25) is 0 Å². The van der Waals surface area contributed by atoms with Gasteiger partial charge in [0, 0.05) is 18.3 Å². The Hall–Kier alpha value is -1.62. The van der Waals surface area contributed by atoms with Crippen molar-refractivity contribution in [3.05, 3.63) is 24.5 Å². The maximum atomic E-state index is 12.2. The molecule has 1 aromatic rings. The van der Waals surface area contributed by atoms with E-state index in [1.807, 2.05) is 4.90 Å². The lowest BCUT2D eigenvalue weighted by Gasteiger charge is -2.37. The van der Waals surface area contributed by atoms with Crippen LogP contribution in [0.3, 0.4) is 0 Å². The number of rotatable bonds is 3. The summed E-state index contributed by atoms with van der Waals surface area (Å²) in [6, 6.07) is 3.95. The molecule has 1 amide bonds. The maximum absolute atomic E-state index is 12.2. The Balaban J connectivity index is 1.59. The molecule has 2 aliphatic heterocycles. The predicted molar refractivity (Wildman–Crippen MR) is 68.6 cm³/mol. The number of aliphatic hydroxyl groups is 1. The van der Waals surface area contributed by atoms with Crippen LogP contribution in [0.4, 0.5) is 0 Å². The lowest BCUT2D eigenvalue weighted by molar-refractivity contribution is -0.139. The molecule has 0 aliphatic carbocycles. The molecular weight excluding hydrogens is 244 g/mol. The third kappa shape index (κ3) is 2.56. The molecule has 2 bridgehead atoms. The third-order valence-electron chi connectivity index (χ3n) is 3.99. The van der Waals surface area contributed by atoms with Crippen LogP contribution in [0, 0.1) is 0 Å². The number of carbonyl (C=O) groups excluding carboxylic acids is 1.